The molecule has 2 rings (SSSR count). The van der Waals surface area contributed by atoms with Crippen LogP contribution in [-0.2, 0) is 0 Å². The van der Waals surface area contributed by atoms with Crippen LogP contribution in [0.15, 0.2) is 0 Å². The van der Waals surface area contributed by atoms with Crippen LogP contribution in [0.1, 0.15) is 46.0 Å². The lowest BCUT2D eigenvalue weighted by molar-refractivity contribution is -0.225. The van der Waals surface area contributed by atoms with Gasteiger partial charge in [-0.1, -0.05) is 13.8 Å². The summed E-state index contributed by atoms with van der Waals surface area (Å²) in [7, 11) is 0. The van der Waals surface area contributed by atoms with Crippen molar-refractivity contribution >= 4 is 0 Å². The molecular weight excluding hydrogens is 192 g/mol. The highest BCUT2D eigenvalue weighted by Gasteiger charge is 2.59. The summed E-state index contributed by atoms with van der Waals surface area (Å²) in [5, 5.41) is 30.5. The second kappa shape index (κ2) is 3.44. The molecule has 2 aliphatic rings. The van der Waals surface area contributed by atoms with E-state index in [1.807, 2.05) is 6.92 Å². The van der Waals surface area contributed by atoms with Gasteiger partial charge in [-0.2, -0.15) is 0 Å². The van der Waals surface area contributed by atoms with Crippen LogP contribution in [-0.4, -0.2) is 33.1 Å². The van der Waals surface area contributed by atoms with Crippen molar-refractivity contribution < 1.29 is 15.3 Å². The number of aliphatic hydroxyl groups is 3. The van der Waals surface area contributed by atoms with E-state index in [2.05, 4.69) is 6.92 Å². The van der Waals surface area contributed by atoms with Crippen molar-refractivity contribution in [2.24, 2.45) is 11.3 Å². The van der Waals surface area contributed by atoms with Gasteiger partial charge in [0.25, 0.3) is 0 Å². The lowest BCUT2D eigenvalue weighted by Gasteiger charge is -2.58. The van der Waals surface area contributed by atoms with Gasteiger partial charge in [0.2, 0.25) is 0 Å². The number of rotatable bonds is 0. The summed E-state index contributed by atoms with van der Waals surface area (Å²) in [5.74, 6) is 0.221. The Kier molecular flexibility index (Phi) is 2.61. The molecule has 3 nitrogen and oxygen atoms in total. The Morgan fingerprint density at radius 1 is 1.13 bits per heavy atom. The predicted octanol–water partition coefficient (Wildman–Crippen LogP) is 1.06. The van der Waals surface area contributed by atoms with Crippen LogP contribution < -0.4 is 0 Å². The van der Waals surface area contributed by atoms with Gasteiger partial charge in [0, 0.05) is 5.41 Å². The summed E-state index contributed by atoms with van der Waals surface area (Å²) in [6.07, 6.45) is 2.57. The molecule has 3 N–H and O–H groups in total. The maximum absolute atomic E-state index is 10.7. The van der Waals surface area contributed by atoms with Crippen molar-refractivity contribution in [2.45, 2.75) is 63.8 Å². The molecule has 2 aliphatic carbocycles. The summed E-state index contributed by atoms with van der Waals surface area (Å²) >= 11 is 0. The van der Waals surface area contributed by atoms with E-state index in [0.717, 1.165) is 12.8 Å². The minimum absolute atomic E-state index is 0.221. The molecule has 0 aliphatic heterocycles. The number of fused-ring (bicyclic) bond motifs is 1. The number of hydrogen-bond acceptors (Lipinski definition) is 3. The smallest absolute Gasteiger partial charge is 0.0753 e. The van der Waals surface area contributed by atoms with E-state index in [1.54, 1.807) is 0 Å². The molecule has 0 aromatic carbocycles. The molecule has 0 aromatic heterocycles. The molecule has 2 fully saturated rings. The van der Waals surface area contributed by atoms with Crippen molar-refractivity contribution in [3.8, 4) is 0 Å². The van der Waals surface area contributed by atoms with Gasteiger partial charge in [0.05, 0.1) is 17.8 Å². The molecule has 0 amide bonds. The largest absolute Gasteiger partial charge is 0.393 e. The van der Waals surface area contributed by atoms with Crippen LogP contribution in [0.5, 0.6) is 0 Å². The number of hydrogen-bond donors (Lipinski definition) is 3. The highest BCUT2D eigenvalue weighted by atomic mass is 16.3. The van der Waals surface area contributed by atoms with E-state index in [0.29, 0.717) is 19.3 Å². The first-order valence-corrected chi connectivity index (χ1v) is 5.98. The average Bonchev–Trinajstić information content (AvgIpc) is 2.18. The zero-order chi connectivity index (χ0) is 11.3. The van der Waals surface area contributed by atoms with Crippen LogP contribution in [0.2, 0.25) is 0 Å². The standard InChI is InChI=1S/C12H22O3/c1-8-3-4-10(14)11(2)7-9(13)5-6-12(8,11)15/h8-10,13-15H,3-7H2,1-2H3. The third kappa shape index (κ3) is 1.44. The maximum Gasteiger partial charge on any atom is 0.0753 e. The quantitative estimate of drug-likeness (QED) is 0.565. The highest BCUT2D eigenvalue weighted by molar-refractivity contribution is 5.09. The minimum Gasteiger partial charge on any atom is -0.393 e. The molecule has 3 heteroatoms. The first-order valence-electron chi connectivity index (χ1n) is 5.98. The topological polar surface area (TPSA) is 60.7 Å². The Bertz CT molecular complexity index is 255. The first kappa shape index (κ1) is 11.4. The van der Waals surface area contributed by atoms with Gasteiger partial charge in [-0.05, 0) is 38.0 Å². The van der Waals surface area contributed by atoms with E-state index >= 15 is 0 Å². The zero-order valence-corrected chi connectivity index (χ0v) is 9.61. The first-order chi connectivity index (χ1) is 6.90. The molecule has 0 saturated heterocycles. The van der Waals surface area contributed by atoms with Crippen molar-refractivity contribution in [1.82, 2.24) is 0 Å². The third-order valence-electron chi connectivity index (χ3n) is 4.93. The molecule has 0 bridgehead atoms. The Hall–Kier alpha value is -0.120. The molecule has 2 saturated carbocycles. The molecule has 5 atom stereocenters. The van der Waals surface area contributed by atoms with Gasteiger partial charge < -0.3 is 15.3 Å². The van der Waals surface area contributed by atoms with E-state index in [-0.39, 0.29) is 12.0 Å². The van der Waals surface area contributed by atoms with Gasteiger partial charge in [0.1, 0.15) is 0 Å². The van der Waals surface area contributed by atoms with Crippen LogP contribution in [0.4, 0.5) is 0 Å². The second-order valence-corrected chi connectivity index (χ2v) is 5.73. The van der Waals surface area contributed by atoms with E-state index in [1.165, 1.54) is 0 Å². The fraction of sp³-hybridized carbons (Fsp3) is 1.00. The maximum atomic E-state index is 10.7. The SMILES string of the molecule is CC1CCC(O)C2(C)CC(O)CCC12O. The Morgan fingerprint density at radius 3 is 2.47 bits per heavy atom. The van der Waals surface area contributed by atoms with Gasteiger partial charge in [-0.3, -0.25) is 0 Å². The van der Waals surface area contributed by atoms with Crippen LogP contribution in [0, 0.1) is 11.3 Å². The summed E-state index contributed by atoms with van der Waals surface area (Å²) in [6.45, 7) is 3.98. The normalized spacial score (nSPS) is 56.2. The molecule has 88 valence electrons. The molecule has 0 spiro atoms. The predicted molar refractivity (Wildman–Crippen MR) is 57.3 cm³/mol. The molecular formula is C12H22O3. The Morgan fingerprint density at radius 2 is 1.80 bits per heavy atom. The fourth-order valence-corrected chi connectivity index (χ4v) is 3.64. The summed E-state index contributed by atoms with van der Waals surface area (Å²) in [5.41, 5.74) is -1.31. The second-order valence-electron chi connectivity index (χ2n) is 5.73. The molecule has 0 aromatic rings. The zero-order valence-electron chi connectivity index (χ0n) is 9.61. The monoisotopic (exact) mass is 214 g/mol. The van der Waals surface area contributed by atoms with Gasteiger partial charge >= 0.3 is 0 Å². The van der Waals surface area contributed by atoms with Gasteiger partial charge in [-0.15, -0.1) is 0 Å². The lowest BCUT2D eigenvalue weighted by atomic mass is 9.52. The molecule has 0 radical (unpaired) electrons. The number of aliphatic hydroxyl groups excluding tert-OH is 2. The Balaban J connectivity index is 2.34. The fourth-order valence-electron chi connectivity index (χ4n) is 3.64. The van der Waals surface area contributed by atoms with E-state index in [9.17, 15) is 15.3 Å². The average molecular weight is 214 g/mol. The van der Waals surface area contributed by atoms with Gasteiger partial charge in [-0.25, -0.2) is 0 Å². The molecule has 0 heterocycles. The van der Waals surface area contributed by atoms with E-state index < -0.39 is 17.1 Å². The Labute approximate surface area is 91.1 Å². The highest BCUT2D eigenvalue weighted by Crippen LogP contribution is 2.55. The summed E-state index contributed by atoms with van der Waals surface area (Å²) in [4.78, 5) is 0. The summed E-state index contributed by atoms with van der Waals surface area (Å²) in [6, 6.07) is 0. The third-order valence-corrected chi connectivity index (χ3v) is 4.93. The lowest BCUT2D eigenvalue weighted by Crippen LogP contribution is -2.63. The van der Waals surface area contributed by atoms with E-state index in [4.69, 9.17) is 0 Å². The minimum atomic E-state index is -0.788. The summed E-state index contributed by atoms with van der Waals surface area (Å²) < 4.78 is 0. The van der Waals surface area contributed by atoms with Crippen molar-refractivity contribution in [2.75, 3.05) is 0 Å². The molecule has 5 unspecified atom stereocenters. The van der Waals surface area contributed by atoms with Crippen molar-refractivity contribution in [3.63, 3.8) is 0 Å². The van der Waals surface area contributed by atoms with Crippen LogP contribution in [0.25, 0.3) is 0 Å². The van der Waals surface area contributed by atoms with Crippen molar-refractivity contribution in [3.05, 3.63) is 0 Å². The van der Waals surface area contributed by atoms with Gasteiger partial charge in [0.15, 0.2) is 0 Å². The van der Waals surface area contributed by atoms with Crippen LogP contribution >= 0.6 is 0 Å². The van der Waals surface area contributed by atoms with Crippen LogP contribution in [0.3, 0.4) is 0 Å². The van der Waals surface area contributed by atoms with Crippen molar-refractivity contribution in [1.29, 1.82) is 0 Å². The molecule has 15 heavy (non-hydrogen) atoms.